The lowest BCUT2D eigenvalue weighted by Gasteiger charge is -2.11. The minimum atomic E-state index is -0.0485. The molecule has 4 aromatic rings. The van der Waals surface area contributed by atoms with Crippen molar-refractivity contribution in [1.82, 2.24) is 35.0 Å². The van der Waals surface area contributed by atoms with Gasteiger partial charge in [0.1, 0.15) is 6.33 Å². The molecule has 0 aliphatic carbocycles. The van der Waals surface area contributed by atoms with Crippen molar-refractivity contribution in [3.8, 4) is 22.8 Å². The Labute approximate surface area is 186 Å². The molecule has 1 aliphatic rings. The molecular weight excluding hydrogens is 432 g/mol. The molecule has 4 N–H and O–H groups in total. The molecule has 4 heterocycles. The number of carbonyl (C=O) groups excluding carboxylic acids is 1. The van der Waals surface area contributed by atoms with E-state index in [1.165, 1.54) is 18.1 Å². The lowest BCUT2D eigenvalue weighted by Crippen LogP contribution is -2.23. The number of rotatable bonds is 7. The Morgan fingerprint density at radius 1 is 1.31 bits per heavy atom. The highest BCUT2D eigenvalue weighted by Gasteiger charge is 2.23. The average Bonchev–Trinajstić information content (AvgIpc) is 3.52. The van der Waals surface area contributed by atoms with Gasteiger partial charge in [-0.05, 0) is 25.1 Å². The molecule has 1 amide bonds. The van der Waals surface area contributed by atoms with Crippen molar-refractivity contribution >= 4 is 34.7 Å². The minimum Gasteiger partial charge on any atom is -0.454 e. The number of aromatic nitrogens is 6. The zero-order chi connectivity index (χ0) is 22.1. The fourth-order valence-corrected chi connectivity index (χ4v) is 4.49. The van der Waals surface area contributed by atoms with E-state index in [0.717, 1.165) is 16.2 Å². The number of amides is 1. The van der Waals surface area contributed by atoms with Gasteiger partial charge in [-0.1, -0.05) is 11.8 Å². The summed E-state index contributed by atoms with van der Waals surface area (Å²) in [5, 5.41) is 10.6. The van der Waals surface area contributed by atoms with Crippen LogP contribution in [-0.2, 0) is 11.3 Å². The summed E-state index contributed by atoms with van der Waals surface area (Å²) in [6.07, 6.45) is 3.43. The number of fused-ring (bicyclic) bond motifs is 2. The highest BCUT2D eigenvalue weighted by atomic mass is 32.2. The third-order valence-electron chi connectivity index (χ3n) is 4.91. The van der Waals surface area contributed by atoms with Crippen LogP contribution in [0, 0.1) is 0 Å². The highest BCUT2D eigenvalue weighted by Crippen LogP contribution is 2.44. The molecule has 12 heteroatoms. The van der Waals surface area contributed by atoms with Crippen molar-refractivity contribution < 1.29 is 14.3 Å². The van der Waals surface area contributed by atoms with Gasteiger partial charge in [-0.15, -0.1) is 0 Å². The van der Waals surface area contributed by atoms with Crippen molar-refractivity contribution in [1.29, 1.82) is 0 Å². The molecule has 164 valence electrons. The first kappa shape index (κ1) is 20.1. The minimum absolute atomic E-state index is 0.0485. The Bertz CT molecular complexity index is 1290. The summed E-state index contributed by atoms with van der Waals surface area (Å²) in [4.78, 5) is 26.1. The number of hydrogen-bond acceptors (Lipinski definition) is 9. The molecule has 11 nitrogen and oxygen atoms in total. The fourth-order valence-electron chi connectivity index (χ4n) is 3.43. The molecule has 0 radical (unpaired) electrons. The van der Waals surface area contributed by atoms with Crippen molar-refractivity contribution in [3.63, 3.8) is 0 Å². The number of imidazole rings is 1. The number of nitrogen functional groups attached to an aromatic ring is 1. The normalized spacial score (nSPS) is 12.4. The summed E-state index contributed by atoms with van der Waals surface area (Å²) in [6.45, 7) is 3.02. The fraction of sp³-hybridized carbons (Fsp3) is 0.250. The number of benzene rings is 1. The quantitative estimate of drug-likeness (QED) is 0.384. The summed E-state index contributed by atoms with van der Waals surface area (Å²) < 4.78 is 13.0. The molecule has 0 atom stereocenters. The van der Waals surface area contributed by atoms with E-state index in [1.807, 2.05) is 29.7 Å². The second-order valence-electron chi connectivity index (χ2n) is 6.94. The number of H-pyrrole nitrogens is 1. The molecular formula is C20H20N8O3S. The summed E-state index contributed by atoms with van der Waals surface area (Å²) >= 11 is 1.41. The zero-order valence-electron chi connectivity index (χ0n) is 17.2. The van der Waals surface area contributed by atoms with Crippen LogP contribution in [0.25, 0.3) is 22.4 Å². The Kier molecular flexibility index (Phi) is 5.27. The first-order chi connectivity index (χ1) is 15.6. The van der Waals surface area contributed by atoms with Gasteiger partial charge in [0.25, 0.3) is 0 Å². The second-order valence-corrected chi connectivity index (χ2v) is 7.95. The van der Waals surface area contributed by atoms with Crippen molar-refractivity contribution in [2.75, 3.05) is 19.1 Å². The van der Waals surface area contributed by atoms with Crippen LogP contribution in [0.3, 0.4) is 0 Å². The summed E-state index contributed by atoms with van der Waals surface area (Å²) in [5.74, 6) is 1.54. The smallest absolute Gasteiger partial charge is 0.231 e. The standard InChI is InChI=1S/C20H20N8O3S/c1-2-22-16(29)4-6-28-19-17(18(21)23-9-24-19)26-20(28)32-15-8-14-13(30-10-31-14)7-11(15)12-3-5-25-27-12/h3,5,7-9H,2,4,6,10H2,1H3,(H,22,29)(H,25,27)(H2,21,23,24). The highest BCUT2D eigenvalue weighted by molar-refractivity contribution is 7.99. The van der Waals surface area contributed by atoms with Gasteiger partial charge in [-0.2, -0.15) is 5.10 Å². The zero-order valence-corrected chi connectivity index (χ0v) is 18.0. The van der Waals surface area contributed by atoms with E-state index in [-0.39, 0.29) is 24.9 Å². The van der Waals surface area contributed by atoms with Crippen LogP contribution in [0.1, 0.15) is 13.3 Å². The number of ether oxygens (including phenoxy) is 2. The number of carbonyl (C=O) groups is 1. The lowest BCUT2D eigenvalue weighted by molar-refractivity contribution is -0.121. The van der Waals surface area contributed by atoms with E-state index in [1.54, 1.807) is 6.20 Å². The number of nitrogens with zero attached hydrogens (tertiary/aromatic N) is 5. The lowest BCUT2D eigenvalue weighted by atomic mass is 10.1. The van der Waals surface area contributed by atoms with E-state index in [0.29, 0.717) is 40.9 Å². The largest absolute Gasteiger partial charge is 0.454 e. The predicted molar refractivity (Wildman–Crippen MR) is 117 cm³/mol. The van der Waals surface area contributed by atoms with Crippen LogP contribution in [-0.4, -0.2) is 49.0 Å². The SMILES string of the molecule is CCNC(=O)CCn1c(Sc2cc3c(cc2-c2cc[nH]n2)OCO3)nc2c(N)ncnc21. The number of nitrogens with one attached hydrogen (secondary N) is 2. The maximum atomic E-state index is 12.1. The average molecular weight is 453 g/mol. The Morgan fingerprint density at radius 2 is 2.16 bits per heavy atom. The molecule has 5 rings (SSSR count). The van der Waals surface area contributed by atoms with Crippen LogP contribution in [0.15, 0.2) is 40.8 Å². The third-order valence-corrected chi connectivity index (χ3v) is 5.97. The van der Waals surface area contributed by atoms with Gasteiger partial charge in [0.05, 0.1) is 5.69 Å². The van der Waals surface area contributed by atoms with Gasteiger partial charge in [0.2, 0.25) is 12.7 Å². The van der Waals surface area contributed by atoms with Crippen molar-refractivity contribution in [3.05, 3.63) is 30.7 Å². The monoisotopic (exact) mass is 452 g/mol. The van der Waals surface area contributed by atoms with Crippen LogP contribution in [0.2, 0.25) is 0 Å². The Morgan fingerprint density at radius 3 is 2.94 bits per heavy atom. The van der Waals surface area contributed by atoms with Crippen molar-refractivity contribution in [2.45, 2.75) is 29.9 Å². The van der Waals surface area contributed by atoms with Crippen LogP contribution in [0.5, 0.6) is 11.5 Å². The van der Waals surface area contributed by atoms with Gasteiger partial charge < -0.3 is 25.1 Å². The van der Waals surface area contributed by atoms with Gasteiger partial charge in [0, 0.05) is 36.2 Å². The van der Waals surface area contributed by atoms with E-state index in [4.69, 9.17) is 20.2 Å². The molecule has 32 heavy (non-hydrogen) atoms. The molecule has 0 saturated carbocycles. The van der Waals surface area contributed by atoms with E-state index >= 15 is 0 Å². The van der Waals surface area contributed by atoms with Gasteiger partial charge in [-0.25, -0.2) is 15.0 Å². The summed E-state index contributed by atoms with van der Waals surface area (Å²) in [6, 6.07) is 5.68. The molecule has 0 spiro atoms. The predicted octanol–water partition coefficient (Wildman–Crippen LogP) is 2.20. The molecule has 1 aliphatic heterocycles. The van der Waals surface area contributed by atoms with E-state index in [9.17, 15) is 4.79 Å². The molecule has 1 aromatic carbocycles. The topological polar surface area (TPSA) is 146 Å². The van der Waals surface area contributed by atoms with Crippen molar-refractivity contribution in [2.24, 2.45) is 0 Å². The van der Waals surface area contributed by atoms with E-state index in [2.05, 4.69) is 25.5 Å². The Hall–Kier alpha value is -3.80. The van der Waals surface area contributed by atoms with E-state index < -0.39 is 0 Å². The van der Waals surface area contributed by atoms with Crippen LogP contribution in [0.4, 0.5) is 5.82 Å². The van der Waals surface area contributed by atoms with Gasteiger partial charge in [0.15, 0.2) is 33.6 Å². The molecule has 0 fully saturated rings. The summed E-state index contributed by atoms with van der Waals surface area (Å²) in [7, 11) is 0. The first-order valence-corrected chi connectivity index (χ1v) is 10.8. The number of nitrogens with two attached hydrogens (primary N) is 1. The molecule has 0 unspecified atom stereocenters. The maximum absolute atomic E-state index is 12.1. The third kappa shape index (κ3) is 3.68. The second kappa shape index (κ2) is 8.38. The number of aromatic amines is 1. The number of hydrogen-bond donors (Lipinski definition) is 3. The summed E-state index contributed by atoms with van der Waals surface area (Å²) in [5.41, 5.74) is 8.74. The van der Waals surface area contributed by atoms with Crippen LogP contribution < -0.4 is 20.5 Å². The molecule has 3 aromatic heterocycles. The Balaban J connectivity index is 1.58. The molecule has 0 saturated heterocycles. The number of anilines is 1. The van der Waals surface area contributed by atoms with Crippen LogP contribution >= 0.6 is 11.8 Å². The first-order valence-electron chi connectivity index (χ1n) is 9.99. The number of aryl methyl sites for hydroxylation is 1. The molecule has 0 bridgehead atoms. The van der Waals surface area contributed by atoms with Gasteiger partial charge in [-0.3, -0.25) is 9.89 Å². The van der Waals surface area contributed by atoms with Gasteiger partial charge >= 0.3 is 0 Å². The maximum Gasteiger partial charge on any atom is 0.231 e.